The Morgan fingerprint density at radius 3 is 2.78 bits per heavy atom. The molecule has 1 fully saturated rings. The van der Waals surface area contributed by atoms with Crippen molar-refractivity contribution in [2.75, 3.05) is 26.8 Å². The van der Waals surface area contributed by atoms with Crippen LogP contribution in [-0.2, 0) is 4.74 Å². The van der Waals surface area contributed by atoms with Gasteiger partial charge in [0.25, 0.3) is 0 Å². The number of likely N-dealkylation sites (tertiary alicyclic amines) is 1. The number of hydrogen-bond acceptors (Lipinski definition) is 6. The molecule has 0 spiro atoms. The van der Waals surface area contributed by atoms with Crippen molar-refractivity contribution in [2.45, 2.75) is 25.5 Å². The summed E-state index contributed by atoms with van der Waals surface area (Å²) < 4.78 is 29.3. The van der Waals surface area contributed by atoms with E-state index in [1.54, 1.807) is 26.2 Å². The smallest absolute Gasteiger partial charge is 0.244 e. The van der Waals surface area contributed by atoms with Gasteiger partial charge in [0.05, 0.1) is 12.1 Å². The Kier molecular flexibility index (Phi) is 4.88. The molecule has 0 radical (unpaired) electrons. The third kappa shape index (κ3) is 3.86. The summed E-state index contributed by atoms with van der Waals surface area (Å²) in [6.07, 6.45) is 0.951. The summed E-state index contributed by atoms with van der Waals surface area (Å²) in [5.41, 5.74) is 0. The van der Waals surface area contributed by atoms with E-state index in [0.717, 1.165) is 13.0 Å². The molecule has 1 aromatic carbocycles. The number of methoxy groups -OCH3 is 1. The van der Waals surface area contributed by atoms with Gasteiger partial charge in [0.2, 0.25) is 5.89 Å². The Balaban J connectivity index is 1.59. The van der Waals surface area contributed by atoms with Gasteiger partial charge < -0.3 is 14.0 Å². The Labute approximate surface area is 134 Å². The molecule has 1 aromatic heterocycles. The molecule has 1 saturated heterocycles. The van der Waals surface area contributed by atoms with E-state index >= 15 is 0 Å². The van der Waals surface area contributed by atoms with Gasteiger partial charge >= 0.3 is 0 Å². The average Bonchev–Trinajstić information content (AvgIpc) is 3.15. The first-order chi connectivity index (χ1) is 11.2. The predicted molar refractivity (Wildman–Crippen MR) is 80.7 cm³/mol. The highest BCUT2D eigenvalue weighted by Crippen LogP contribution is 2.32. The summed E-state index contributed by atoms with van der Waals surface area (Å²) in [4.78, 5) is 6.54. The quantitative estimate of drug-likeness (QED) is 0.814. The SMILES string of the molecule is CO[C@@H]1C[C@H](c2nc(C)no2)N(CCOc2ccc(F)cc2)C1. The number of aromatic nitrogens is 2. The van der Waals surface area contributed by atoms with Crippen LogP contribution in [0.1, 0.15) is 24.2 Å². The number of rotatable bonds is 6. The van der Waals surface area contributed by atoms with Crippen molar-refractivity contribution >= 4 is 0 Å². The van der Waals surface area contributed by atoms with Crippen LogP contribution in [0.4, 0.5) is 4.39 Å². The molecule has 0 N–H and O–H groups in total. The van der Waals surface area contributed by atoms with E-state index < -0.39 is 0 Å². The maximum absolute atomic E-state index is 12.9. The van der Waals surface area contributed by atoms with Gasteiger partial charge in [-0.2, -0.15) is 4.98 Å². The number of nitrogens with zero attached hydrogens (tertiary/aromatic N) is 3. The molecule has 7 heteroatoms. The normalized spacial score (nSPS) is 21.7. The second-order valence-corrected chi connectivity index (χ2v) is 5.59. The fraction of sp³-hybridized carbons (Fsp3) is 0.500. The molecule has 1 aliphatic rings. The number of halogens is 1. The van der Waals surface area contributed by atoms with Gasteiger partial charge in [-0.05, 0) is 37.6 Å². The standard InChI is InChI=1S/C16H20FN3O3/c1-11-18-16(23-19-11)15-9-14(21-2)10-20(15)7-8-22-13-5-3-12(17)4-6-13/h3-6,14-15H,7-10H2,1-2H3/t14-,15-/m1/s1. The average molecular weight is 321 g/mol. The van der Waals surface area contributed by atoms with Crippen molar-refractivity contribution in [3.63, 3.8) is 0 Å². The Hall–Kier alpha value is -1.99. The molecule has 2 heterocycles. The van der Waals surface area contributed by atoms with Gasteiger partial charge in [-0.1, -0.05) is 5.16 Å². The maximum atomic E-state index is 12.9. The van der Waals surface area contributed by atoms with Gasteiger partial charge in [-0.15, -0.1) is 0 Å². The monoisotopic (exact) mass is 321 g/mol. The van der Waals surface area contributed by atoms with Gasteiger partial charge in [0.1, 0.15) is 18.2 Å². The summed E-state index contributed by atoms with van der Waals surface area (Å²) >= 11 is 0. The van der Waals surface area contributed by atoms with Crippen LogP contribution >= 0.6 is 0 Å². The lowest BCUT2D eigenvalue weighted by Crippen LogP contribution is -2.29. The van der Waals surface area contributed by atoms with Gasteiger partial charge in [0, 0.05) is 20.2 Å². The summed E-state index contributed by atoms with van der Waals surface area (Å²) in [5.74, 6) is 1.62. The minimum Gasteiger partial charge on any atom is -0.492 e. The molecule has 0 unspecified atom stereocenters. The molecule has 0 bridgehead atoms. The third-order valence-electron chi connectivity index (χ3n) is 3.99. The molecule has 23 heavy (non-hydrogen) atoms. The number of ether oxygens (including phenoxy) is 2. The van der Waals surface area contributed by atoms with E-state index in [1.165, 1.54) is 12.1 Å². The van der Waals surface area contributed by atoms with Gasteiger partial charge in [-0.3, -0.25) is 4.90 Å². The minimum atomic E-state index is -0.272. The van der Waals surface area contributed by atoms with Crippen LogP contribution < -0.4 is 4.74 Å². The molecular formula is C16H20FN3O3. The van der Waals surface area contributed by atoms with Crippen molar-refractivity contribution in [1.29, 1.82) is 0 Å². The van der Waals surface area contributed by atoms with Gasteiger partial charge in [-0.25, -0.2) is 4.39 Å². The fourth-order valence-electron chi connectivity index (χ4n) is 2.80. The van der Waals surface area contributed by atoms with E-state index in [0.29, 0.717) is 30.6 Å². The second-order valence-electron chi connectivity index (χ2n) is 5.59. The Morgan fingerprint density at radius 2 is 2.13 bits per heavy atom. The lowest BCUT2D eigenvalue weighted by Gasteiger charge is -2.21. The summed E-state index contributed by atoms with van der Waals surface area (Å²) in [7, 11) is 1.71. The van der Waals surface area contributed by atoms with Crippen LogP contribution in [0.3, 0.4) is 0 Å². The maximum Gasteiger partial charge on any atom is 0.244 e. The van der Waals surface area contributed by atoms with E-state index in [2.05, 4.69) is 15.0 Å². The molecule has 124 valence electrons. The van der Waals surface area contributed by atoms with E-state index in [4.69, 9.17) is 14.0 Å². The lowest BCUT2D eigenvalue weighted by molar-refractivity contribution is 0.105. The fourth-order valence-corrected chi connectivity index (χ4v) is 2.80. The molecule has 2 aromatic rings. The van der Waals surface area contributed by atoms with Crippen molar-refractivity contribution in [2.24, 2.45) is 0 Å². The topological polar surface area (TPSA) is 60.6 Å². The first-order valence-electron chi connectivity index (χ1n) is 7.61. The highest BCUT2D eigenvalue weighted by molar-refractivity contribution is 5.22. The van der Waals surface area contributed by atoms with Crippen molar-refractivity contribution in [3.05, 3.63) is 41.8 Å². The van der Waals surface area contributed by atoms with Crippen LogP contribution in [0.15, 0.2) is 28.8 Å². The number of aryl methyl sites for hydroxylation is 1. The second kappa shape index (κ2) is 7.06. The van der Waals surface area contributed by atoms with Crippen molar-refractivity contribution in [3.8, 4) is 5.75 Å². The molecule has 2 atom stereocenters. The summed E-state index contributed by atoms with van der Waals surface area (Å²) in [6, 6.07) is 6.05. The zero-order valence-corrected chi connectivity index (χ0v) is 13.2. The molecule has 6 nitrogen and oxygen atoms in total. The predicted octanol–water partition coefficient (Wildman–Crippen LogP) is 2.36. The van der Waals surface area contributed by atoms with Crippen LogP contribution in [0, 0.1) is 12.7 Å². The summed E-state index contributed by atoms with van der Waals surface area (Å²) in [6.45, 7) is 3.78. The third-order valence-corrected chi connectivity index (χ3v) is 3.99. The van der Waals surface area contributed by atoms with Gasteiger partial charge in [0.15, 0.2) is 5.82 Å². The van der Waals surface area contributed by atoms with Crippen molar-refractivity contribution < 1.29 is 18.4 Å². The molecule has 3 rings (SSSR count). The highest BCUT2D eigenvalue weighted by atomic mass is 19.1. The zero-order chi connectivity index (χ0) is 16.2. The van der Waals surface area contributed by atoms with Crippen molar-refractivity contribution in [1.82, 2.24) is 15.0 Å². The lowest BCUT2D eigenvalue weighted by atomic mass is 10.2. The minimum absolute atomic E-state index is 0.0398. The van der Waals surface area contributed by atoms with Crippen LogP contribution in [-0.4, -0.2) is 48.0 Å². The van der Waals surface area contributed by atoms with E-state index in [-0.39, 0.29) is 18.0 Å². The highest BCUT2D eigenvalue weighted by Gasteiger charge is 2.36. The molecular weight excluding hydrogens is 301 g/mol. The number of benzene rings is 1. The Bertz CT molecular complexity index is 632. The largest absolute Gasteiger partial charge is 0.492 e. The van der Waals surface area contributed by atoms with Crippen LogP contribution in [0.2, 0.25) is 0 Å². The van der Waals surface area contributed by atoms with Crippen LogP contribution in [0.5, 0.6) is 5.75 Å². The first kappa shape index (κ1) is 15.9. The van der Waals surface area contributed by atoms with Crippen LogP contribution in [0.25, 0.3) is 0 Å². The summed E-state index contributed by atoms with van der Waals surface area (Å²) in [5, 5.41) is 3.86. The Morgan fingerprint density at radius 1 is 1.35 bits per heavy atom. The molecule has 1 aliphatic heterocycles. The molecule has 0 amide bonds. The number of hydrogen-bond donors (Lipinski definition) is 0. The zero-order valence-electron chi connectivity index (χ0n) is 13.2. The molecule has 0 aliphatic carbocycles. The molecule has 0 saturated carbocycles. The first-order valence-corrected chi connectivity index (χ1v) is 7.61. The van der Waals surface area contributed by atoms with E-state index in [1.807, 2.05) is 0 Å². The van der Waals surface area contributed by atoms with E-state index in [9.17, 15) is 4.39 Å².